The lowest BCUT2D eigenvalue weighted by Gasteiger charge is -2.31. The molecule has 1 unspecified atom stereocenters. The van der Waals surface area contributed by atoms with Crippen molar-refractivity contribution in [2.45, 2.75) is 33.2 Å². The van der Waals surface area contributed by atoms with Crippen LogP contribution < -0.4 is 5.32 Å². The van der Waals surface area contributed by atoms with E-state index in [9.17, 15) is 4.79 Å². The molecule has 1 rings (SSSR count). The Balaban J connectivity index is 2.78. The molecule has 1 heterocycles. The van der Waals surface area contributed by atoms with Crippen LogP contribution in [0.25, 0.3) is 0 Å². The monoisotopic (exact) mass is 267 g/mol. The zero-order valence-electron chi connectivity index (χ0n) is 11.8. The predicted octanol–water partition coefficient (Wildman–Crippen LogP) is 1.47. The van der Waals surface area contributed by atoms with Crippen LogP contribution in [0.5, 0.6) is 0 Å². The van der Waals surface area contributed by atoms with Gasteiger partial charge in [0.15, 0.2) is 5.69 Å². The highest BCUT2D eigenvalue weighted by Gasteiger charge is 2.24. The molecule has 0 aromatic carbocycles. The van der Waals surface area contributed by atoms with E-state index >= 15 is 0 Å². The lowest BCUT2D eigenvalue weighted by Crippen LogP contribution is -2.35. The SMILES string of the molecule is COC(=O)c1cnc(NC(CCO)C(C)(C)C)cn1. The molecule has 1 aromatic rings. The largest absolute Gasteiger partial charge is 0.464 e. The normalized spacial score (nSPS) is 12.9. The predicted molar refractivity (Wildman–Crippen MR) is 71.9 cm³/mol. The first-order valence-corrected chi connectivity index (χ1v) is 6.16. The van der Waals surface area contributed by atoms with Crippen LogP contribution in [0.4, 0.5) is 5.82 Å². The summed E-state index contributed by atoms with van der Waals surface area (Å²) in [6.07, 6.45) is 3.47. The van der Waals surface area contributed by atoms with Crippen molar-refractivity contribution in [2.75, 3.05) is 19.0 Å². The van der Waals surface area contributed by atoms with E-state index in [0.29, 0.717) is 12.2 Å². The van der Waals surface area contributed by atoms with Crippen LogP contribution >= 0.6 is 0 Å². The van der Waals surface area contributed by atoms with Crippen molar-refractivity contribution < 1.29 is 14.6 Å². The number of carbonyl (C=O) groups is 1. The van der Waals surface area contributed by atoms with Gasteiger partial charge in [-0.3, -0.25) is 0 Å². The second kappa shape index (κ2) is 6.47. The molecule has 1 aromatic heterocycles. The molecule has 0 spiro atoms. The van der Waals surface area contributed by atoms with Gasteiger partial charge in [-0.05, 0) is 11.8 Å². The fourth-order valence-electron chi connectivity index (χ4n) is 1.64. The molecule has 1 atom stereocenters. The first kappa shape index (κ1) is 15.4. The van der Waals surface area contributed by atoms with E-state index in [1.165, 1.54) is 19.5 Å². The first-order chi connectivity index (χ1) is 8.88. The number of hydrogen-bond acceptors (Lipinski definition) is 6. The van der Waals surface area contributed by atoms with Crippen molar-refractivity contribution in [1.29, 1.82) is 0 Å². The molecule has 0 radical (unpaired) electrons. The van der Waals surface area contributed by atoms with Crippen molar-refractivity contribution >= 4 is 11.8 Å². The van der Waals surface area contributed by atoms with Gasteiger partial charge in [-0.15, -0.1) is 0 Å². The third-order valence-corrected chi connectivity index (χ3v) is 2.83. The van der Waals surface area contributed by atoms with Gasteiger partial charge >= 0.3 is 5.97 Å². The Labute approximate surface area is 113 Å². The molecule has 19 heavy (non-hydrogen) atoms. The lowest BCUT2D eigenvalue weighted by atomic mass is 9.85. The van der Waals surface area contributed by atoms with Crippen LogP contribution in [0.1, 0.15) is 37.7 Å². The van der Waals surface area contributed by atoms with Gasteiger partial charge in [0.1, 0.15) is 5.82 Å². The summed E-state index contributed by atoms with van der Waals surface area (Å²) in [6, 6.07) is 0.0655. The topological polar surface area (TPSA) is 84.3 Å². The zero-order valence-corrected chi connectivity index (χ0v) is 11.8. The smallest absolute Gasteiger partial charge is 0.358 e. The fourth-order valence-corrected chi connectivity index (χ4v) is 1.64. The molecule has 0 saturated carbocycles. The van der Waals surface area contributed by atoms with Crippen LogP contribution in [-0.4, -0.2) is 40.8 Å². The van der Waals surface area contributed by atoms with Gasteiger partial charge in [0, 0.05) is 12.6 Å². The van der Waals surface area contributed by atoms with E-state index in [1.807, 2.05) is 0 Å². The molecule has 106 valence electrons. The number of aliphatic hydroxyl groups is 1. The summed E-state index contributed by atoms with van der Waals surface area (Å²) in [5, 5.41) is 12.3. The van der Waals surface area contributed by atoms with E-state index < -0.39 is 5.97 Å². The standard InChI is InChI=1S/C13H21N3O3/c1-13(2,3)10(5-6-17)16-11-8-14-9(7-15-11)12(18)19-4/h7-8,10,17H,5-6H2,1-4H3,(H,15,16). The molecule has 6 heteroatoms. The maximum atomic E-state index is 11.2. The number of aliphatic hydroxyl groups excluding tert-OH is 1. The summed E-state index contributed by atoms with van der Waals surface area (Å²) in [7, 11) is 1.30. The van der Waals surface area contributed by atoms with Gasteiger partial charge in [-0.25, -0.2) is 14.8 Å². The molecule has 0 aliphatic rings. The highest BCUT2D eigenvalue weighted by Crippen LogP contribution is 2.24. The maximum Gasteiger partial charge on any atom is 0.358 e. The molecule has 0 aliphatic carbocycles. The summed E-state index contributed by atoms with van der Waals surface area (Å²) in [5.74, 6) is 0.0582. The van der Waals surface area contributed by atoms with E-state index in [1.54, 1.807) is 0 Å². The minimum absolute atomic E-state index is 0.0224. The first-order valence-electron chi connectivity index (χ1n) is 6.16. The van der Waals surface area contributed by atoms with E-state index in [0.717, 1.165) is 0 Å². The van der Waals surface area contributed by atoms with Crippen molar-refractivity contribution in [3.8, 4) is 0 Å². The number of rotatable bonds is 5. The molecule has 0 bridgehead atoms. The Bertz CT molecular complexity index is 412. The molecule has 2 N–H and O–H groups in total. The average Bonchev–Trinajstić information content (AvgIpc) is 2.37. The van der Waals surface area contributed by atoms with Gasteiger partial charge in [0.05, 0.1) is 19.5 Å². The Hall–Kier alpha value is -1.69. The van der Waals surface area contributed by atoms with Crippen LogP contribution in [0, 0.1) is 5.41 Å². The van der Waals surface area contributed by atoms with Gasteiger partial charge < -0.3 is 15.2 Å². The number of methoxy groups -OCH3 is 1. The number of esters is 1. The Morgan fingerprint density at radius 1 is 1.42 bits per heavy atom. The van der Waals surface area contributed by atoms with Crippen LogP contribution in [0.2, 0.25) is 0 Å². The minimum atomic E-state index is -0.512. The van der Waals surface area contributed by atoms with Crippen molar-refractivity contribution in [3.63, 3.8) is 0 Å². The van der Waals surface area contributed by atoms with Gasteiger partial charge in [-0.1, -0.05) is 20.8 Å². The number of nitrogens with one attached hydrogen (secondary N) is 1. The number of hydrogen-bond donors (Lipinski definition) is 2. The van der Waals surface area contributed by atoms with E-state index in [-0.39, 0.29) is 23.8 Å². The molecule has 0 amide bonds. The summed E-state index contributed by atoms with van der Waals surface area (Å²) >= 11 is 0. The summed E-state index contributed by atoms with van der Waals surface area (Å²) < 4.78 is 4.56. The van der Waals surface area contributed by atoms with E-state index in [2.05, 4.69) is 40.8 Å². The molecule has 0 aliphatic heterocycles. The van der Waals surface area contributed by atoms with Crippen LogP contribution in [-0.2, 0) is 4.74 Å². The molecular weight excluding hydrogens is 246 g/mol. The summed E-state index contributed by atoms with van der Waals surface area (Å²) in [6.45, 7) is 6.34. The summed E-state index contributed by atoms with van der Waals surface area (Å²) in [4.78, 5) is 19.3. The Kier molecular flexibility index (Phi) is 5.23. The molecule has 0 fully saturated rings. The Morgan fingerprint density at radius 3 is 2.53 bits per heavy atom. The van der Waals surface area contributed by atoms with Gasteiger partial charge in [-0.2, -0.15) is 0 Å². The minimum Gasteiger partial charge on any atom is -0.464 e. The summed E-state index contributed by atoms with van der Waals surface area (Å²) in [5.41, 5.74) is 0.147. The molecule has 0 saturated heterocycles. The van der Waals surface area contributed by atoms with E-state index in [4.69, 9.17) is 5.11 Å². The third kappa shape index (κ3) is 4.48. The number of anilines is 1. The average molecular weight is 267 g/mol. The van der Waals surface area contributed by atoms with Crippen molar-refractivity contribution in [2.24, 2.45) is 5.41 Å². The van der Waals surface area contributed by atoms with Gasteiger partial charge in [0.25, 0.3) is 0 Å². The number of aromatic nitrogens is 2. The highest BCUT2D eigenvalue weighted by molar-refractivity contribution is 5.86. The second-order valence-electron chi connectivity index (χ2n) is 5.35. The van der Waals surface area contributed by atoms with Crippen molar-refractivity contribution in [1.82, 2.24) is 9.97 Å². The van der Waals surface area contributed by atoms with Crippen molar-refractivity contribution in [3.05, 3.63) is 18.1 Å². The number of nitrogens with zero attached hydrogens (tertiary/aromatic N) is 2. The number of ether oxygens (including phenoxy) is 1. The highest BCUT2D eigenvalue weighted by atomic mass is 16.5. The van der Waals surface area contributed by atoms with Crippen LogP contribution in [0.15, 0.2) is 12.4 Å². The van der Waals surface area contributed by atoms with Gasteiger partial charge in [0.2, 0.25) is 0 Å². The lowest BCUT2D eigenvalue weighted by molar-refractivity contribution is 0.0593. The zero-order chi connectivity index (χ0) is 14.5. The quantitative estimate of drug-likeness (QED) is 0.786. The number of carbonyl (C=O) groups excluding carboxylic acids is 1. The fraction of sp³-hybridized carbons (Fsp3) is 0.615. The Morgan fingerprint density at radius 2 is 2.11 bits per heavy atom. The third-order valence-electron chi connectivity index (χ3n) is 2.83. The molecular formula is C13H21N3O3. The molecule has 6 nitrogen and oxygen atoms in total. The maximum absolute atomic E-state index is 11.2. The van der Waals surface area contributed by atoms with Crippen LogP contribution in [0.3, 0.4) is 0 Å². The second-order valence-corrected chi connectivity index (χ2v) is 5.35.